The maximum Gasteiger partial charge on any atom is 0.0593 e. The first-order chi connectivity index (χ1) is 8.41. The van der Waals surface area contributed by atoms with Gasteiger partial charge < -0.3 is 15.0 Å². The number of likely N-dealkylation sites (N-methyl/N-ethyl adjacent to an activating group) is 1. The lowest BCUT2D eigenvalue weighted by molar-refractivity contribution is 0.0485. The van der Waals surface area contributed by atoms with E-state index in [2.05, 4.69) is 51.8 Å². The highest BCUT2D eigenvalue weighted by Gasteiger charge is 2.17. The van der Waals surface area contributed by atoms with Crippen molar-refractivity contribution in [2.24, 2.45) is 11.3 Å². The molecule has 18 heavy (non-hydrogen) atoms. The molecule has 0 aliphatic heterocycles. The Balaban J connectivity index is 3.63. The molecular weight excluding hydrogens is 224 g/mol. The molecular formula is C15H34N2O. The normalized spacial score (nSPS) is 12.7. The third-order valence-corrected chi connectivity index (χ3v) is 3.10. The van der Waals surface area contributed by atoms with E-state index in [1.807, 2.05) is 0 Å². The number of ether oxygens (including phenoxy) is 1. The van der Waals surface area contributed by atoms with Crippen LogP contribution in [0.1, 0.15) is 41.5 Å². The Labute approximate surface area is 114 Å². The van der Waals surface area contributed by atoms with Gasteiger partial charge in [-0.05, 0) is 25.6 Å². The average Bonchev–Trinajstić information content (AvgIpc) is 2.28. The predicted octanol–water partition coefficient (Wildman–Crippen LogP) is 2.62. The fourth-order valence-corrected chi connectivity index (χ4v) is 1.83. The molecule has 0 amide bonds. The number of rotatable bonds is 11. The Morgan fingerprint density at radius 3 is 2.28 bits per heavy atom. The Kier molecular flexibility index (Phi) is 9.70. The van der Waals surface area contributed by atoms with Gasteiger partial charge in [-0.25, -0.2) is 0 Å². The van der Waals surface area contributed by atoms with Crippen molar-refractivity contribution in [2.75, 3.05) is 45.9 Å². The van der Waals surface area contributed by atoms with Crippen LogP contribution in [0.4, 0.5) is 0 Å². The van der Waals surface area contributed by atoms with Crippen molar-refractivity contribution in [1.82, 2.24) is 10.2 Å². The summed E-state index contributed by atoms with van der Waals surface area (Å²) < 4.78 is 5.81. The highest BCUT2D eigenvalue weighted by Crippen LogP contribution is 2.13. The van der Waals surface area contributed by atoms with E-state index in [1.54, 1.807) is 0 Å². The van der Waals surface area contributed by atoms with Crippen LogP contribution in [-0.4, -0.2) is 50.8 Å². The standard InChI is InChI=1S/C15H34N2O/c1-7-17(8-2)9-10-18-13-15(5,6)12-16-11-14(3)4/h14,16H,7-13H2,1-6H3. The van der Waals surface area contributed by atoms with Gasteiger partial charge in [-0.15, -0.1) is 0 Å². The van der Waals surface area contributed by atoms with Crippen molar-refractivity contribution in [3.8, 4) is 0 Å². The minimum absolute atomic E-state index is 0.220. The van der Waals surface area contributed by atoms with Crippen molar-refractivity contribution < 1.29 is 4.74 Å². The average molecular weight is 258 g/mol. The first-order valence-corrected chi connectivity index (χ1v) is 7.42. The highest BCUT2D eigenvalue weighted by atomic mass is 16.5. The van der Waals surface area contributed by atoms with Crippen LogP contribution in [0, 0.1) is 11.3 Å². The number of hydrogen-bond acceptors (Lipinski definition) is 3. The van der Waals surface area contributed by atoms with E-state index in [4.69, 9.17) is 4.74 Å². The fourth-order valence-electron chi connectivity index (χ4n) is 1.83. The van der Waals surface area contributed by atoms with Crippen LogP contribution in [0.15, 0.2) is 0 Å². The topological polar surface area (TPSA) is 24.5 Å². The van der Waals surface area contributed by atoms with Gasteiger partial charge in [0.2, 0.25) is 0 Å². The molecule has 0 unspecified atom stereocenters. The second-order valence-electron chi connectivity index (χ2n) is 6.27. The van der Waals surface area contributed by atoms with E-state index in [0.29, 0.717) is 5.92 Å². The Morgan fingerprint density at radius 1 is 1.17 bits per heavy atom. The molecule has 0 heterocycles. The minimum Gasteiger partial charge on any atom is -0.380 e. The van der Waals surface area contributed by atoms with Crippen molar-refractivity contribution >= 4 is 0 Å². The molecule has 0 saturated carbocycles. The summed E-state index contributed by atoms with van der Waals surface area (Å²) in [5, 5.41) is 3.51. The summed E-state index contributed by atoms with van der Waals surface area (Å²) in [6, 6.07) is 0. The molecule has 0 rings (SSSR count). The van der Waals surface area contributed by atoms with Crippen LogP contribution >= 0.6 is 0 Å². The van der Waals surface area contributed by atoms with Crippen LogP contribution < -0.4 is 5.32 Å². The molecule has 0 fully saturated rings. The van der Waals surface area contributed by atoms with Gasteiger partial charge in [-0.3, -0.25) is 0 Å². The van der Waals surface area contributed by atoms with Crippen LogP contribution in [0.2, 0.25) is 0 Å². The summed E-state index contributed by atoms with van der Waals surface area (Å²) >= 11 is 0. The predicted molar refractivity (Wildman–Crippen MR) is 80.1 cm³/mol. The quantitative estimate of drug-likeness (QED) is 0.577. The Morgan fingerprint density at radius 2 is 1.78 bits per heavy atom. The van der Waals surface area contributed by atoms with Gasteiger partial charge in [0.15, 0.2) is 0 Å². The molecule has 0 aliphatic carbocycles. The summed E-state index contributed by atoms with van der Waals surface area (Å²) in [4.78, 5) is 2.39. The van der Waals surface area contributed by atoms with E-state index in [1.165, 1.54) is 0 Å². The molecule has 3 heteroatoms. The fraction of sp³-hybridized carbons (Fsp3) is 1.00. The summed E-state index contributed by atoms with van der Waals surface area (Å²) in [6.07, 6.45) is 0. The number of nitrogens with zero attached hydrogens (tertiary/aromatic N) is 1. The maximum atomic E-state index is 5.81. The zero-order chi connectivity index (χ0) is 14.0. The van der Waals surface area contributed by atoms with Crippen LogP contribution in [0.25, 0.3) is 0 Å². The maximum absolute atomic E-state index is 5.81. The van der Waals surface area contributed by atoms with E-state index >= 15 is 0 Å². The van der Waals surface area contributed by atoms with Gasteiger partial charge >= 0.3 is 0 Å². The van der Waals surface area contributed by atoms with Gasteiger partial charge in [0.1, 0.15) is 0 Å². The largest absolute Gasteiger partial charge is 0.380 e. The first kappa shape index (κ1) is 17.9. The zero-order valence-corrected chi connectivity index (χ0v) is 13.4. The SMILES string of the molecule is CCN(CC)CCOCC(C)(C)CNCC(C)C. The van der Waals surface area contributed by atoms with E-state index < -0.39 is 0 Å². The summed E-state index contributed by atoms with van der Waals surface area (Å²) in [5.74, 6) is 0.712. The molecule has 0 radical (unpaired) electrons. The molecule has 3 nitrogen and oxygen atoms in total. The number of hydrogen-bond donors (Lipinski definition) is 1. The van der Waals surface area contributed by atoms with Crippen molar-refractivity contribution in [3.05, 3.63) is 0 Å². The van der Waals surface area contributed by atoms with Gasteiger partial charge in [-0.2, -0.15) is 0 Å². The smallest absolute Gasteiger partial charge is 0.0593 e. The number of nitrogens with one attached hydrogen (secondary N) is 1. The molecule has 0 aromatic heterocycles. The van der Waals surface area contributed by atoms with Crippen molar-refractivity contribution in [1.29, 1.82) is 0 Å². The Hall–Kier alpha value is -0.120. The zero-order valence-electron chi connectivity index (χ0n) is 13.4. The third kappa shape index (κ3) is 9.86. The molecule has 0 aromatic rings. The summed E-state index contributed by atoms with van der Waals surface area (Å²) in [6.45, 7) is 20.4. The van der Waals surface area contributed by atoms with Gasteiger partial charge in [0, 0.05) is 18.5 Å². The van der Waals surface area contributed by atoms with Crippen LogP contribution in [-0.2, 0) is 4.74 Å². The molecule has 0 spiro atoms. The molecule has 0 bridgehead atoms. The molecule has 0 saturated heterocycles. The van der Waals surface area contributed by atoms with Crippen LogP contribution in [0.3, 0.4) is 0 Å². The van der Waals surface area contributed by atoms with Gasteiger partial charge in [-0.1, -0.05) is 41.5 Å². The molecule has 0 aromatic carbocycles. The van der Waals surface area contributed by atoms with Gasteiger partial charge in [0.05, 0.1) is 13.2 Å². The molecule has 0 atom stereocenters. The molecule has 1 N–H and O–H groups in total. The molecule has 0 aliphatic rings. The summed E-state index contributed by atoms with van der Waals surface area (Å²) in [5.41, 5.74) is 0.220. The Bertz CT molecular complexity index is 189. The second-order valence-corrected chi connectivity index (χ2v) is 6.27. The van der Waals surface area contributed by atoms with Gasteiger partial charge in [0.25, 0.3) is 0 Å². The summed E-state index contributed by atoms with van der Waals surface area (Å²) in [7, 11) is 0. The highest BCUT2D eigenvalue weighted by molar-refractivity contribution is 4.71. The van der Waals surface area contributed by atoms with E-state index in [9.17, 15) is 0 Å². The van der Waals surface area contributed by atoms with Crippen molar-refractivity contribution in [3.63, 3.8) is 0 Å². The second kappa shape index (κ2) is 9.76. The first-order valence-electron chi connectivity index (χ1n) is 7.42. The third-order valence-electron chi connectivity index (χ3n) is 3.10. The monoisotopic (exact) mass is 258 g/mol. The lowest BCUT2D eigenvalue weighted by Crippen LogP contribution is -2.36. The lowest BCUT2D eigenvalue weighted by atomic mass is 9.94. The minimum atomic E-state index is 0.220. The lowest BCUT2D eigenvalue weighted by Gasteiger charge is -2.26. The molecule has 110 valence electrons. The van der Waals surface area contributed by atoms with E-state index in [-0.39, 0.29) is 5.41 Å². The van der Waals surface area contributed by atoms with Crippen LogP contribution in [0.5, 0.6) is 0 Å². The van der Waals surface area contributed by atoms with Crippen molar-refractivity contribution in [2.45, 2.75) is 41.5 Å². The van der Waals surface area contributed by atoms with E-state index in [0.717, 1.165) is 45.9 Å².